The van der Waals surface area contributed by atoms with Crippen LogP contribution in [0, 0.1) is 11.3 Å². The summed E-state index contributed by atoms with van der Waals surface area (Å²) in [4.78, 5) is 0. The average molecular weight is 303 g/mol. The van der Waals surface area contributed by atoms with Crippen molar-refractivity contribution in [3.8, 4) is 17.6 Å². The molecule has 2 aromatic carbocycles. The molecule has 0 aromatic heterocycles. The van der Waals surface area contributed by atoms with Gasteiger partial charge in [-0.1, -0.05) is 11.6 Å². The zero-order valence-corrected chi connectivity index (χ0v) is 12.6. The third-order valence-corrected chi connectivity index (χ3v) is 3.23. The van der Waals surface area contributed by atoms with Crippen molar-refractivity contribution in [2.45, 2.75) is 6.54 Å². The number of methoxy groups -OCH3 is 2. The summed E-state index contributed by atoms with van der Waals surface area (Å²) >= 11 is 5.96. The molecule has 0 amide bonds. The number of rotatable bonds is 5. The van der Waals surface area contributed by atoms with Gasteiger partial charge in [-0.15, -0.1) is 0 Å². The molecule has 0 radical (unpaired) electrons. The lowest BCUT2D eigenvalue weighted by molar-refractivity contribution is 0.393. The van der Waals surface area contributed by atoms with Crippen molar-refractivity contribution < 1.29 is 9.47 Å². The minimum absolute atomic E-state index is 0.530. The summed E-state index contributed by atoms with van der Waals surface area (Å²) in [5, 5.41) is 12.9. The van der Waals surface area contributed by atoms with Crippen molar-refractivity contribution in [1.29, 1.82) is 5.26 Å². The van der Waals surface area contributed by atoms with Crippen molar-refractivity contribution in [3.05, 3.63) is 52.5 Å². The fraction of sp³-hybridized carbons (Fsp3) is 0.188. The first-order valence-corrected chi connectivity index (χ1v) is 6.69. The largest absolute Gasteiger partial charge is 0.497 e. The van der Waals surface area contributed by atoms with E-state index < -0.39 is 0 Å². The van der Waals surface area contributed by atoms with Gasteiger partial charge in [0.1, 0.15) is 17.6 Å². The topological polar surface area (TPSA) is 54.3 Å². The van der Waals surface area contributed by atoms with Crippen LogP contribution in [-0.4, -0.2) is 14.2 Å². The van der Waals surface area contributed by atoms with Crippen LogP contribution in [0.15, 0.2) is 36.4 Å². The highest BCUT2D eigenvalue weighted by atomic mass is 35.5. The molecule has 0 aliphatic rings. The summed E-state index contributed by atoms with van der Waals surface area (Å²) in [6, 6.07) is 12.9. The number of nitrogens with zero attached hydrogens (tertiary/aromatic N) is 1. The Morgan fingerprint density at radius 3 is 2.33 bits per heavy atom. The van der Waals surface area contributed by atoms with Gasteiger partial charge >= 0.3 is 0 Å². The highest BCUT2D eigenvalue weighted by molar-refractivity contribution is 6.30. The Morgan fingerprint density at radius 1 is 1.10 bits per heavy atom. The molecule has 0 aliphatic carbocycles. The SMILES string of the molecule is COc1cc(CNc2cc(Cl)ccc2C#N)cc(OC)c1. The van der Waals surface area contributed by atoms with Gasteiger partial charge in [-0.05, 0) is 35.9 Å². The highest BCUT2D eigenvalue weighted by Crippen LogP contribution is 2.25. The zero-order valence-electron chi connectivity index (χ0n) is 11.8. The maximum Gasteiger partial charge on any atom is 0.122 e. The normalized spacial score (nSPS) is 9.81. The highest BCUT2D eigenvalue weighted by Gasteiger charge is 2.05. The Labute approximate surface area is 128 Å². The van der Waals surface area contributed by atoms with Crippen molar-refractivity contribution >= 4 is 17.3 Å². The fourth-order valence-electron chi connectivity index (χ4n) is 1.93. The van der Waals surface area contributed by atoms with E-state index in [0.29, 0.717) is 22.8 Å². The fourth-order valence-corrected chi connectivity index (χ4v) is 2.10. The van der Waals surface area contributed by atoms with E-state index in [9.17, 15) is 0 Å². The van der Waals surface area contributed by atoms with Gasteiger partial charge < -0.3 is 14.8 Å². The van der Waals surface area contributed by atoms with E-state index in [-0.39, 0.29) is 0 Å². The number of nitrogens with one attached hydrogen (secondary N) is 1. The first-order valence-electron chi connectivity index (χ1n) is 6.31. The van der Waals surface area contributed by atoms with E-state index >= 15 is 0 Å². The molecule has 0 spiro atoms. The van der Waals surface area contributed by atoms with E-state index in [0.717, 1.165) is 17.1 Å². The second-order valence-electron chi connectivity index (χ2n) is 4.38. The zero-order chi connectivity index (χ0) is 15.2. The summed E-state index contributed by atoms with van der Waals surface area (Å²) in [6.45, 7) is 0.530. The van der Waals surface area contributed by atoms with E-state index in [1.807, 2.05) is 18.2 Å². The van der Waals surface area contributed by atoms with Gasteiger partial charge in [-0.2, -0.15) is 5.26 Å². The first-order chi connectivity index (χ1) is 10.2. The standard InChI is InChI=1S/C16H15ClN2O2/c1-20-14-5-11(6-15(8-14)21-2)10-19-16-7-13(17)4-3-12(16)9-18/h3-8,19H,10H2,1-2H3. The number of benzene rings is 2. The monoisotopic (exact) mass is 302 g/mol. The second kappa shape index (κ2) is 6.87. The Bertz CT molecular complexity index is 658. The summed E-state index contributed by atoms with van der Waals surface area (Å²) in [5.74, 6) is 1.44. The lowest BCUT2D eigenvalue weighted by Gasteiger charge is -2.11. The van der Waals surface area contributed by atoms with Crippen LogP contribution in [0.2, 0.25) is 5.02 Å². The summed E-state index contributed by atoms with van der Waals surface area (Å²) in [7, 11) is 3.22. The molecule has 0 saturated heterocycles. The van der Waals surface area contributed by atoms with E-state index in [1.165, 1.54) is 0 Å². The molecule has 108 valence electrons. The van der Waals surface area contributed by atoms with Crippen LogP contribution in [0.25, 0.3) is 0 Å². The molecule has 0 heterocycles. The van der Waals surface area contributed by atoms with E-state index in [1.54, 1.807) is 32.4 Å². The Morgan fingerprint density at radius 2 is 1.76 bits per heavy atom. The predicted octanol–water partition coefficient (Wildman–Crippen LogP) is 3.84. The quantitative estimate of drug-likeness (QED) is 0.911. The molecule has 0 bridgehead atoms. The Kier molecular flexibility index (Phi) is 4.91. The van der Waals surface area contributed by atoms with Crippen molar-refractivity contribution in [2.24, 2.45) is 0 Å². The molecule has 2 rings (SSSR count). The molecule has 0 aliphatic heterocycles. The molecular formula is C16H15ClN2O2. The lowest BCUT2D eigenvalue weighted by atomic mass is 10.1. The van der Waals surface area contributed by atoms with Gasteiger partial charge in [0.25, 0.3) is 0 Å². The van der Waals surface area contributed by atoms with Crippen LogP contribution < -0.4 is 14.8 Å². The van der Waals surface area contributed by atoms with Gasteiger partial charge in [0.05, 0.1) is 25.5 Å². The molecule has 21 heavy (non-hydrogen) atoms. The van der Waals surface area contributed by atoms with E-state index in [4.69, 9.17) is 26.3 Å². The summed E-state index contributed by atoms with van der Waals surface area (Å²) in [5.41, 5.74) is 2.23. The number of ether oxygens (including phenoxy) is 2. The summed E-state index contributed by atoms with van der Waals surface area (Å²) < 4.78 is 10.5. The maximum absolute atomic E-state index is 9.10. The van der Waals surface area contributed by atoms with Crippen LogP contribution in [-0.2, 0) is 6.54 Å². The molecule has 0 fully saturated rings. The first kappa shape index (κ1) is 15.0. The molecule has 5 heteroatoms. The van der Waals surface area contributed by atoms with Crippen molar-refractivity contribution in [1.82, 2.24) is 0 Å². The van der Waals surface area contributed by atoms with Crippen LogP contribution >= 0.6 is 11.6 Å². The molecule has 1 N–H and O–H groups in total. The molecular weight excluding hydrogens is 288 g/mol. The third kappa shape index (κ3) is 3.80. The van der Waals surface area contributed by atoms with Gasteiger partial charge in [0.2, 0.25) is 0 Å². The molecule has 4 nitrogen and oxygen atoms in total. The van der Waals surface area contributed by atoms with Gasteiger partial charge in [-0.25, -0.2) is 0 Å². The van der Waals surface area contributed by atoms with Crippen LogP contribution in [0.3, 0.4) is 0 Å². The predicted molar refractivity (Wildman–Crippen MR) is 83.0 cm³/mol. The number of hydrogen-bond donors (Lipinski definition) is 1. The smallest absolute Gasteiger partial charge is 0.122 e. The summed E-state index contributed by atoms with van der Waals surface area (Å²) in [6.07, 6.45) is 0. The van der Waals surface area contributed by atoms with Gasteiger partial charge in [-0.3, -0.25) is 0 Å². The number of hydrogen-bond acceptors (Lipinski definition) is 4. The van der Waals surface area contributed by atoms with E-state index in [2.05, 4.69) is 11.4 Å². The number of nitriles is 1. The Balaban J connectivity index is 2.20. The lowest BCUT2D eigenvalue weighted by Crippen LogP contribution is -2.02. The minimum Gasteiger partial charge on any atom is -0.497 e. The number of anilines is 1. The average Bonchev–Trinajstić information content (AvgIpc) is 2.52. The maximum atomic E-state index is 9.10. The third-order valence-electron chi connectivity index (χ3n) is 3.00. The molecule has 0 atom stereocenters. The van der Waals surface area contributed by atoms with Crippen molar-refractivity contribution in [3.63, 3.8) is 0 Å². The second-order valence-corrected chi connectivity index (χ2v) is 4.81. The van der Waals surface area contributed by atoms with Crippen LogP contribution in [0.5, 0.6) is 11.5 Å². The van der Waals surface area contributed by atoms with Crippen molar-refractivity contribution in [2.75, 3.05) is 19.5 Å². The van der Waals surface area contributed by atoms with Crippen LogP contribution in [0.1, 0.15) is 11.1 Å². The molecule has 0 unspecified atom stereocenters. The van der Waals surface area contributed by atoms with Gasteiger partial charge in [0.15, 0.2) is 0 Å². The van der Waals surface area contributed by atoms with Crippen LogP contribution in [0.4, 0.5) is 5.69 Å². The van der Waals surface area contributed by atoms with Gasteiger partial charge in [0, 0.05) is 17.6 Å². The molecule has 2 aromatic rings. The molecule has 0 saturated carbocycles. The Hall–Kier alpha value is -2.38. The number of halogens is 1. The minimum atomic E-state index is 0.530.